The Morgan fingerprint density at radius 2 is 2.00 bits per heavy atom. The van der Waals surface area contributed by atoms with Crippen molar-refractivity contribution in [2.75, 3.05) is 44.2 Å². The molecule has 21 heavy (non-hydrogen) atoms. The number of piperazine rings is 1. The van der Waals surface area contributed by atoms with Gasteiger partial charge in [-0.1, -0.05) is 20.8 Å². The maximum atomic E-state index is 4.67. The number of rotatable bonds is 6. The molecule has 0 saturated carbocycles. The third-order valence-electron chi connectivity index (χ3n) is 3.90. The standard InChI is InChI=1S/C16H27BrN4/c1-4-20-5-7-21(8-6-20)16-14(9-15(17)12-19-16)11-18-10-13(2)3/h9,12-13,18H,4-8,10-11H2,1-3H3. The van der Waals surface area contributed by atoms with E-state index in [1.807, 2.05) is 6.20 Å². The first-order valence-corrected chi connectivity index (χ1v) is 8.72. The largest absolute Gasteiger partial charge is 0.354 e. The van der Waals surface area contributed by atoms with E-state index in [1.54, 1.807) is 0 Å². The Labute approximate surface area is 137 Å². The number of anilines is 1. The van der Waals surface area contributed by atoms with Crippen LogP contribution >= 0.6 is 15.9 Å². The summed E-state index contributed by atoms with van der Waals surface area (Å²) in [5.41, 5.74) is 1.29. The molecule has 4 nitrogen and oxygen atoms in total. The summed E-state index contributed by atoms with van der Waals surface area (Å²) in [4.78, 5) is 9.58. The van der Waals surface area contributed by atoms with Gasteiger partial charge in [0.05, 0.1) is 0 Å². The fraction of sp³-hybridized carbons (Fsp3) is 0.688. The van der Waals surface area contributed by atoms with Crippen LogP contribution in [0.25, 0.3) is 0 Å². The van der Waals surface area contributed by atoms with Gasteiger partial charge >= 0.3 is 0 Å². The number of hydrogen-bond donors (Lipinski definition) is 1. The Bertz CT molecular complexity index is 442. The molecule has 1 fully saturated rings. The monoisotopic (exact) mass is 354 g/mol. The van der Waals surface area contributed by atoms with Gasteiger partial charge in [0.1, 0.15) is 5.82 Å². The van der Waals surface area contributed by atoms with E-state index < -0.39 is 0 Å². The highest BCUT2D eigenvalue weighted by atomic mass is 79.9. The van der Waals surface area contributed by atoms with E-state index in [1.165, 1.54) is 5.56 Å². The van der Waals surface area contributed by atoms with Crippen molar-refractivity contribution in [3.8, 4) is 0 Å². The van der Waals surface area contributed by atoms with Gasteiger partial charge < -0.3 is 15.1 Å². The second kappa shape index (κ2) is 8.11. The third-order valence-corrected chi connectivity index (χ3v) is 4.33. The first-order valence-electron chi connectivity index (χ1n) is 7.92. The lowest BCUT2D eigenvalue weighted by Gasteiger charge is -2.35. The molecule has 1 saturated heterocycles. The van der Waals surface area contributed by atoms with E-state index in [2.05, 4.69) is 62.9 Å². The molecular weight excluding hydrogens is 328 g/mol. The van der Waals surface area contributed by atoms with Gasteiger partial charge in [0.25, 0.3) is 0 Å². The molecule has 0 amide bonds. The Kier molecular flexibility index (Phi) is 6.45. The summed E-state index contributed by atoms with van der Waals surface area (Å²) in [6, 6.07) is 2.20. The normalized spacial score (nSPS) is 16.7. The summed E-state index contributed by atoms with van der Waals surface area (Å²) in [6.07, 6.45) is 1.91. The van der Waals surface area contributed by atoms with Crippen LogP contribution in [0.3, 0.4) is 0 Å². The zero-order valence-corrected chi connectivity index (χ0v) is 15.0. The maximum Gasteiger partial charge on any atom is 0.133 e. The average molecular weight is 355 g/mol. The summed E-state index contributed by atoms with van der Waals surface area (Å²) in [6.45, 7) is 14.2. The minimum absolute atomic E-state index is 0.668. The van der Waals surface area contributed by atoms with Gasteiger partial charge in [-0.05, 0) is 41.0 Å². The van der Waals surface area contributed by atoms with Gasteiger partial charge in [0.15, 0.2) is 0 Å². The Balaban J connectivity index is 2.04. The minimum Gasteiger partial charge on any atom is -0.354 e. The van der Waals surface area contributed by atoms with Crippen molar-refractivity contribution >= 4 is 21.7 Å². The topological polar surface area (TPSA) is 31.4 Å². The first kappa shape index (κ1) is 16.7. The van der Waals surface area contributed by atoms with Gasteiger partial charge in [-0.25, -0.2) is 4.98 Å². The van der Waals surface area contributed by atoms with E-state index in [4.69, 9.17) is 0 Å². The van der Waals surface area contributed by atoms with Crippen molar-refractivity contribution in [1.29, 1.82) is 0 Å². The molecular formula is C16H27BrN4. The second-order valence-corrected chi connectivity index (χ2v) is 7.00. The molecule has 1 aromatic rings. The number of halogens is 1. The molecule has 118 valence electrons. The molecule has 1 aliphatic rings. The zero-order chi connectivity index (χ0) is 15.2. The molecule has 2 heterocycles. The Morgan fingerprint density at radius 1 is 1.29 bits per heavy atom. The van der Waals surface area contributed by atoms with Crippen molar-refractivity contribution < 1.29 is 0 Å². The summed E-state index contributed by atoms with van der Waals surface area (Å²) in [5, 5.41) is 3.53. The van der Waals surface area contributed by atoms with Crippen LogP contribution in [0, 0.1) is 5.92 Å². The molecule has 1 aromatic heterocycles. The highest BCUT2D eigenvalue weighted by molar-refractivity contribution is 9.10. The molecule has 0 aromatic carbocycles. The van der Waals surface area contributed by atoms with Crippen LogP contribution in [0.5, 0.6) is 0 Å². The van der Waals surface area contributed by atoms with E-state index in [0.717, 1.165) is 56.1 Å². The van der Waals surface area contributed by atoms with Gasteiger partial charge in [-0.3, -0.25) is 0 Å². The molecule has 1 N–H and O–H groups in total. The van der Waals surface area contributed by atoms with Gasteiger partial charge in [0, 0.05) is 49.0 Å². The van der Waals surface area contributed by atoms with Gasteiger partial charge in [-0.2, -0.15) is 0 Å². The molecule has 0 unspecified atom stereocenters. The van der Waals surface area contributed by atoms with E-state index in [0.29, 0.717) is 5.92 Å². The number of aromatic nitrogens is 1. The Morgan fingerprint density at radius 3 is 2.62 bits per heavy atom. The van der Waals surface area contributed by atoms with E-state index >= 15 is 0 Å². The predicted molar refractivity (Wildman–Crippen MR) is 92.8 cm³/mol. The van der Waals surface area contributed by atoms with Crippen LogP contribution in [-0.4, -0.2) is 49.2 Å². The third kappa shape index (κ3) is 4.94. The van der Waals surface area contributed by atoms with E-state index in [-0.39, 0.29) is 0 Å². The van der Waals surface area contributed by atoms with Crippen molar-refractivity contribution in [3.05, 3.63) is 22.3 Å². The Hall–Kier alpha value is -0.650. The quantitative estimate of drug-likeness (QED) is 0.850. The lowest BCUT2D eigenvalue weighted by molar-refractivity contribution is 0.270. The van der Waals surface area contributed by atoms with Crippen LogP contribution in [0.1, 0.15) is 26.3 Å². The lowest BCUT2D eigenvalue weighted by Crippen LogP contribution is -2.46. The first-order chi connectivity index (χ1) is 10.1. The van der Waals surface area contributed by atoms with Crippen molar-refractivity contribution in [3.63, 3.8) is 0 Å². The molecule has 0 aliphatic carbocycles. The fourth-order valence-electron chi connectivity index (χ4n) is 2.66. The molecule has 0 spiro atoms. The van der Waals surface area contributed by atoms with Crippen LogP contribution in [0.4, 0.5) is 5.82 Å². The lowest BCUT2D eigenvalue weighted by atomic mass is 10.2. The SMILES string of the molecule is CCN1CCN(c2ncc(Br)cc2CNCC(C)C)CC1. The molecule has 0 bridgehead atoms. The zero-order valence-electron chi connectivity index (χ0n) is 13.4. The summed E-state index contributed by atoms with van der Waals surface area (Å²) in [5.74, 6) is 1.81. The van der Waals surface area contributed by atoms with Crippen molar-refractivity contribution in [2.24, 2.45) is 5.92 Å². The highest BCUT2D eigenvalue weighted by Gasteiger charge is 2.19. The second-order valence-electron chi connectivity index (χ2n) is 6.08. The minimum atomic E-state index is 0.668. The number of pyridine rings is 1. The van der Waals surface area contributed by atoms with Crippen LogP contribution in [0.15, 0.2) is 16.7 Å². The van der Waals surface area contributed by atoms with Gasteiger partial charge in [-0.15, -0.1) is 0 Å². The van der Waals surface area contributed by atoms with Crippen LogP contribution in [0.2, 0.25) is 0 Å². The summed E-state index contributed by atoms with van der Waals surface area (Å²) >= 11 is 3.54. The smallest absolute Gasteiger partial charge is 0.133 e. The van der Waals surface area contributed by atoms with Crippen molar-refractivity contribution in [2.45, 2.75) is 27.3 Å². The molecule has 2 rings (SSSR count). The molecule has 0 atom stereocenters. The van der Waals surface area contributed by atoms with Crippen LogP contribution in [-0.2, 0) is 6.54 Å². The van der Waals surface area contributed by atoms with E-state index in [9.17, 15) is 0 Å². The number of hydrogen-bond acceptors (Lipinski definition) is 4. The van der Waals surface area contributed by atoms with Gasteiger partial charge in [0.2, 0.25) is 0 Å². The summed E-state index contributed by atoms with van der Waals surface area (Å²) < 4.78 is 1.06. The van der Waals surface area contributed by atoms with Crippen LogP contribution < -0.4 is 10.2 Å². The highest BCUT2D eigenvalue weighted by Crippen LogP contribution is 2.22. The number of likely N-dealkylation sites (N-methyl/N-ethyl adjacent to an activating group) is 1. The summed E-state index contributed by atoms with van der Waals surface area (Å²) in [7, 11) is 0. The number of nitrogens with one attached hydrogen (secondary N) is 1. The molecule has 1 aliphatic heterocycles. The maximum absolute atomic E-state index is 4.67. The average Bonchev–Trinajstić information content (AvgIpc) is 2.47. The predicted octanol–water partition coefficient (Wildman–Crippen LogP) is 2.73. The number of nitrogens with zero attached hydrogens (tertiary/aromatic N) is 3. The molecule has 0 radical (unpaired) electrons. The van der Waals surface area contributed by atoms with Crippen molar-refractivity contribution in [1.82, 2.24) is 15.2 Å². The molecule has 5 heteroatoms. The fourth-order valence-corrected chi connectivity index (χ4v) is 3.04.